The summed E-state index contributed by atoms with van der Waals surface area (Å²) >= 11 is 0. The number of nitrogens with one attached hydrogen (secondary N) is 2. The van der Waals surface area contributed by atoms with Crippen molar-refractivity contribution in [2.24, 2.45) is 0 Å². The van der Waals surface area contributed by atoms with Crippen molar-refractivity contribution >= 4 is 21.6 Å². The number of sulfonamides is 1. The van der Waals surface area contributed by atoms with Gasteiger partial charge in [0.05, 0.1) is 16.6 Å². The summed E-state index contributed by atoms with van der Waals surface area (Å²) in [5, 5.41) is 12.1. The molecule has 10 heteroatoms. The third kappa shape index (κ3) is 5.78. The first-order valence-corrected chi connectivity index (χ1v) is 10.1. The quantitative estimate of drug-likeness (QED) is 0.657. The van der Waals surface area contributed by atoms with E-state index in [4.69, 9.17) is 0 Å². The van der Waals surface area contributed by atoms with Crippen molar-refractivity contribution in [3.05, 3.63) is 59.2 Å². The molecular weight excluding hydrogens is 409 g/mol. The number of hydrogen-bond acceptors (Lipinski definition) is 4. The number of amides is 1. The normalized spacial score (nSPS) is 14.3. The highest BCUT2D eigenvalue weighted by Gasteiger charge is 2.33. The van der Waals surface area contributed by atoms with E-state index in [-0.39, 0.29) is 16.1 Å². The number of halogens is 3. The van der Waals surface area contributed by atoms with Gasteiger partial charge in [0.1, 0.15) is 6.04 Å². The van der Waals surface area contributed by atoms with Gasteiger partial charge in [-0.05, 0) is 50.6 Å². The van der Waals surface area contributed by atoms with Crippen LogP contribution in [-0.4, -0.2) is 31.6 Å². The number of hydrogen-bond donors (Lipinski definition) is 3. The third-order valence-electron chi connectivity index (χ3n) is 4.19. The van der Waals surface area contributed by atoms with Gasteiger partial charge >= 0.3 is 6.18 Å². The van der Waals surface area contributed by atoms with Crippen molar-refractivity contribution in [2.75, 3.05) is 5.32 Å². The lowest BCUT2D eigenvalue weighted by molar-refractivity contribution is -0.138. The Kier molecular flexibility index (Phi) is 6.71. The van der Waals surface area contributed by atoms with E-state index in [1.807, 2.05) is 0 Å². The van der Waals surface area contributed by atoms with Crippen LogP contribution in [0.25, 0.3) is 0 Å². The molecule has 0 bridgehead atoms. The molecule has 0 radical (unpaired) electrons. The fourth-order valence-corrected chi connectivity index (χ4v) is 3.82. The van der Waals surface area contributed by atoms with E-state index in [9.17, 15) is 31.5 Å². The summed E-state index contributed by atoms with van der Waals surface area (Å²) in [5.41, 5.74) is -0.298. The molecule has 0 aliphatic heterocycles. The Morgan fingerprint density at radius 1 is 1.07 bits per heavy atom. The standard InChI is InChI=1S/C19H21F3N2O4S/c1-11-4-8-15(9-5-11)29(27,28)24-17(13(3)25)18(26)23-14-7-6-12(2)16(10-14)19(20,21)22/h4-10,13,17,24-25H,1-3H3,(H,23,26). The molecule has 6 nitrogen and oxygen atoms in total. The first-order chi connectivity index (χ1) is 13.3. The van der Waals surface area contributed by atoms with E-state index < -0.39 is 39.8 Å². The van der Waals surface area contributed by atoms with Gasteiger partial charge in [0, 0.05) is 5.69 Å². The largest absolute Gasteiger partial charge is 0.416 e. The second-order valence-corrected chi connectivity index (χ2v) is 8.38. The molecule has 2 atom stereocenters. The van der Waals surface area contributed by atoms with Gasteiger partial charge in [-0.15, -0.1) is 0 Å². The zero-order chi connectivity index (χ0) is 22.0. The maximum absolute atomic E-state index is 13.0. The van der Waals surface area contributed by atoms with Gasteiger partial charge in [0.15, 0.2) is 0 Å². The number of aliphatic hydroxyl groups is 1. The predicted octanol–water partition coefficient (Wildman–Crippen LogP) is 2.99. The van der Waals surface area contributed by atoms with Crippen LogP contribution in [0.15, 0.2) is 47.4 Å². The van der Waals surface area contributed by atoms with Crippen molar-refractivity contribution < 1.29 is 31.5 Å². The summed E-state index contributed by atoms with van der Waals surface area (Å²) in [4.78, 5) is 12.4. The minimum Gasteiger partial charge on any atom is -0.391 e. The summed E-state index contributed by atoms with van der Waals surface area (Å²) in [6, 6.07) is 7.39. The van der Waals surface area contributed by atoms with Crippen molar-refractivity contribution in [2.45, 2.75) is 44.0 Å². The molecule has 0 aliphatic rings. The fourth-order valence-electron chi connectivity index (χ4n) is 2.55. The van der Waals surface area contributed by atoms with Crippen LogP contribution in [0.4, 0.5) is 18.9 Å². The van der Waals surface area contributed by atoms with Gasteiger partial charge in [-0.2, -0.15) is 17.9 Å². The highest BCUT2D eigenvalue weighted by atomic mass is 32.2. The summed E-state index contributed by atoms with van der Waals surface area (Å²) in [5.74, 6) is -0.993. The summed E-state index contributed by atoms with van der Waals surface area (Å²) in [6.45, 7) is 4.24. The SMILES string of the molecule is Cc1ccc(S(=O)(=O)NC(C(=O)Nc2ccc(C)c(C(F)(F)F)c2)C(C)O)cc1. The molecule has 0 saturated carbocycles. The van der Waals surface area contributed by atoms with Crippen LogP contribution in [-0.2, 0) is 21.0 Å². The highest BCUT2D eigenvalue weighted by Crippen LogP contribution is 2.33. The maximum Gasteiger partial charge on any atom is 0.416 e. The van der Waals surface area contributed by atoms with E-state index in [0.29, 0.717) is 0 Å². The Morgan fingerprint density at radius 3 is 2.17 bits per heavy atom. The van der Waals surface area contributed by atoms with Crippen LogP contribution in [0.1, 0.15) is 23.6 Å². The molecule has 29 heavy (non-hydrogen) atoms. The van der Waals surface area contributed by atoms with E-state index in [1.165, 1.54) is 38.1 Å². The van der Waals surface area contributed by atoms with Crippen LogP contribution < -0.4 is 10.0 Å². The molecule has 2 unspecified atom stereocenters. The van der Waals surface area contributed by atoms with Crippen molar-refractivity contribution in [3.63, 3.8) is 0 Å². The second-order valence-electron chi connectivity index (χ2n) is 6.67. The molecule has 2 aromatic carbocycles. The van der Waals surface area contributed by atoms with Crippen molar-refractivity contribution in [1.82, 2.24) is 4.72 Å². The number of aliphatic hydroxyl groups excluding tert-OH is 1. The highest BCUT2D eigenvalue weighted by molar-refractivity contribution is 7.89. The molecule has 1 amide bonds. The lowest BCUT2D eigenvalue weighted by Crippen LogP contribution is -2.50. The molecule has 158 valence electrons. The minimum absolute atomic E-state index is 0.0253. The molecule has 0 spiro atoms. The smallest absolute Gasteiger partial charge is 0.391 e. The van der Waals surface area contributed by atoms with Crippen LogP contribution in [0.5, 0.6) is 0 Å². The van der Waals surface area contributed by atoms with Crippen LogP contribution in [0.3, 0.4) is 0 Å². The number of anilines is 1. The number of rotatable bonds is 6. The fraction of sp³-hybridized carbons (Fsp3) is 0.316. The van der Waals surface area contributed by atoms with E-state index in [0.717, 1.165) is 11.6 Å². The Morgan fingerprint density at radius 2 is 1.66 bits per heavy atom. The first-order valence-electron chi connectivity index (χ1n) is 8.57. The zero-order valence-electron chi connectivity index (χ0n) is 15.9. The Bertz CT molecular complexity index is 988. The molecule has 2 rings (SSSR count). The molecule has 0 aliphatic carbocycles. The van der Waals surface area contributed by atoms with Gasteiger partial charge in [0.25, 0.3) is 0 Å². The molecular formula is C19H21F3N2O4S. The molecule has 0 aromatic heterocycles. The Balaban J connectivity index is 2.25. The average molecular weight is 430 g/mol. The molecule has 0 heterocycles. The van der Waals surface area contributed by atoms with E-state index in [1.54, 1.807) is 19.1 Å². The molecule has 2 aromatic rings. The van der Waals surface area contributed by atoms with Crippen LogP contribution in [0, 0.1) is 13.8 Å². The first kappa shape index (κ1) is 22.9. The molecule has 0 saturated heterocycles. The van der Waals surface area contributed by atoms with Crippen LogP contribution >= 0.6 is 0 Å². The van der Waals surface area contributed by atoms with Crippen molar-refractivity contribution in [1.29, 1.82) is 0 Å². The van der Waals surface area contributed by atoms with Crippen LogP contribution in [0.2, 0.25) is 0 Å². The number of aryl methyl sites for hydroxylation is 2. The van der Waals surface area contributed by atoms with E-state index >= 15 is 0 Å². The van der Waals surface area contributed by atoms with Gasteiger partial charge < -0.3 is 10.4 Å². The molecule has 0 fully saturated rings. The number of carbonyl (C=O) groups excluding carboxylic acids is 1. The summed E-state index contributed by atoms with van der Waals surface area (Å²) < 4.78 is 66.2. The zero-order valence-corrected chi connectivity index (χ0v) is 16.7. The van der Waals surface area contributed by atoms with Gasteiger partial charge in [-0.25, -0.2) is 8.42 Å². The average Bonchev–Trinajstić information content (AvgIpc) is 2.60. The van der Waals surface area contributed by atoms with Gasteiger partial charge in [0.2, 0.25) is 15.9 Å². The summed E-state index contributed by atoms with van der Waals surface area (Å²) in [7, 11) is -4.15. The lowest BCUT2D eigenvalue weighted by Gasteiger charge is -2.21. The van der Waals surface area contributed by atoms with Gasteiger partial charge in [-0.1, -0.05) is 23.8 Å². The number of benzene rings is 2. The minimum atomic E-state index is -4.61. The third-order valence-corrected chi connectivity index (χ3v) is 5.65. The van der Waals surface area contributed by atoms with E-state index in [2.05, 4.69) is 10.0 Å². The number of alkyl halides is 3. The monoisotopic (exact) mass is 430 g/mol. The second kappa shape index (κ2) is 8.52. The lowest BCUT2D eigenvalue weighted by atomic mass is 10.1. The Hall–Kier alpha value is -2.43. The van der Waals surface area contributed by atoms with Crippen molar-refractivity contribution in [3.8, 4) is 0 Å². The maximum atomic E-state index is 13.0. The Labute approximate surface area is 166 Å². The topological polar surface area (TPSA) is 95.5 Å². The molecule has 3 N–H and O–H groups in total. The number of carbonyl (C=O) groups is 1. The summed E-state index contributed by atoms with van der Waals surface area (Å²) in [6.07, 6.45) is -6.05. The predicted molar refractivity (Wildman–Crippen MR) is 102 cm³/mol. The van der Waals surface area contributed by atoms with Gasteiger partial charge in [-0.3, -0.25) is 4.79 Å².